The van der Waals surface area contributed by atoms with Gasteiger partial charge in [0.1, 0.15) is 6.54 Å². The number of nitrogens with one attached hydrogen (secondary N) is 2. The van der Waals surface area contributed by atoms with Crippen LogP contribution in [0.1, 0.15) is 27.5 Å². The third kappa shape index (κ3) is 7.59. The summed E-state index contributed by atoms with van der Waals surface area (Å²) < 4.78 is 36.7. The van der Waals surface area contributed by atoms with Gasteiger partial charge in [0.25, 0.3) is 5.91 Å². The van der Waals surface area contributed by atoms with Crippen LogP contribution in [0.5, 0.6) is 0 Å². The summed E-state index contributed by atoms with van der Waals surface area (Å²) in [5.74, 6) is 0.0587. The number of aromatic nitrogens is 1. The van der Waals surface area contributed by atoms with Gasteiger partial charge >= 0.3 is 6.18 Å². The van der Waals surface area contributed by atoms with Crippen molar-refractivity contribution in [3.63, 3.8) is 0 Å². The normalized spacial score (nSPS) is 11.3. The van der Waals surface area contributed by atoms with Crippen LogP contribution in [0.25, 0.3) is 0 Å². The van der Waals surface area contributed by atoms with Crippen LogP contribution in [-0.2, 0) is 10.5 Å². The van der Waals surface area contributed by atoms with Crippen molar-refractivity contribution in [2.24, 2.45) is 0 Å². The Labute approximate surface area is 162 Å². The number of nitrogens with zero attached hydrogens (tertiary/aromatic N) is 1. The van der Waals surface area contributed by atoms with Crippen LogP contribution in [0, 0.1) is 6.92 Å². The number of para-hydroxylation sites is 1. The first-order chi connectivity index (χ1) is 12.7. The second-order valence-corrected chi connectivity index (χ2v) is 7.72. The molecule has 0 bridgehead atoms. The van der Waals surface area contributed by atoms with Crippen molar-refractivity contribution in [1.82, 2.24) is 10.3 Å². The maximum Gasteiger partial charge on any atom is 0.405 e. The van der Waals surface area contributed by atoms with E-state index in [2.05, 4.69) is 10.3 Å². The zero-order valence-corrected chi connectivity index (χ0v) is 16.1. The molecular weight excluding hydrogens is 399 g/mol. The smallest absolute Gasteiger partial charge is 0.343 e. The summed E-state index contributed by atoms with van der Waals surface area (Å²) >= 11 is 3.13. The molecule has 0 fully saturated rings. The molecule has 2 rings (SSSR count). The number of rotatable bonds is 8. The van der Waals surface area contributed by atoms with Gasteiger partial charge < -0.3 is 10.6 Å². The van der Waals surface area contributed by atoms with E-state index in [4.69, 9.17) is 0 Å². The van der Waals surface area contributed by atoms with Crippen LogP contribution in [0.2, 0.25) is 0 Å². The maximum atomic E-state index is 12.2. The SMILES string of the molecule is Cc1nc(CSCCC(=O)Nc2ccccc2C(=O)NCC(F)(F)F)cs1. The number of thioether (sulfide) groups is 1. The fourth-order valence-corrected chi connectivity index (χ4v) is 3.64. The predicted molar refractivity (Wildman–Crippen MR) is 101 cm³/mol. The number of carbonyl (C=O) groups is 2. The summed E-state index contributed by atoms with van der Waals surface area (Å²) in [6.07, 6.45) is -4.28. The highest BCUT2D eigenvalue weighted by molar-refractivity contribution is 7.98. The Morgan fingerprint density at radius 3 is 2.67 bits per heavy atom. The number of hydrogen-bond donors (Lipinski definition) is 2. The van der Waals surface area contributed by atoms with Crippen LogP contribution in [0.3, 0.4) is 0 Å². The monoisotopic (exact) mass is 417 g/mol. The van der Waals surface area contributed by atoms with Crippen molar-refractivity contribution in [1.29, 1.82) is 0 Å². The lowest BCUT2D eigenvalue weighted by atomic mass is 10.1. The zero-order valence-electron chi connectivity index (χ0n) is 14.4. The van der Waals surface area contributed by atoms with Gasteiger partial charge in [-0.25, -0.2) is 4.98 Å². The molecule has 2 aromatic rings. The van der Waals surface area contributed by atoms with Crippen molar-refractivity contribution in [2.75, 3.05) is 17.6 Å². The molecule has 0 radical (unpaired) electrons. The molecule has 0 aliphatic carbocycles. The topological polar surface area (TPSA) is 71.1 Å². The Hall–Kier alpha value is -2.07. The summed E-state index contributed by atoms with van der Waals surface area (Å²) in [4.78, 5) is 28.3. The van der Waals surface area contributed by atoms with Crippen LogP contribution in [0.15, 0.2) is 29.6 Å². The van der Waals surface area contributed by atoms with Crippen molar-refractivity contribution in [3.8, 4) is 0 Å². The van der Waals surface area contributed by atoms with Gasteiger partial charge in [0, 0.05) is 23.3 Å². The van der Waals surface area contributed by atoms with Gasteiger partial charge in [-0.3, -0.25) is 9.59 Å². The summed E-state index contributed by atoms with van der Waals surface area (Å²) in [5.41, 5.74) is 1.14. The fraction of sp³-hybridized carbons (Fsp3) is 0.353. The lowest BCUT2D eigenvalue weighted by molar-refractivity contribution is -0.123. The van der Waals surface area contributed by atoms with Gasteiger partial charge in [-0.2, -0.15) is 24.9 Å². The molecule has 1 heterocycles. The minimum Gasteiger partial charge on any atom is -0.343 e. The summed E-state index contributed by atoms with van der Waals surface area (Å²) in [6, 6.07) is 5.95. The molecule has 0 spiro atoms. The van der Waals surface area contributed by atoms with Crippen molar-refractivity contribution >= 4 is 40.6 Å². The molecule has 0 aliphatic heterocycles. The van der Waals surface area contributed by atoms with Gasteiger partial charge in [0.15, 0.2) is 0 Å². The average Bonchev–Trinajstić information content (AvgIpc) is 3.02. The first-order valence-electron chi connectivity index (χ1n) is 7.97. The molecule has 0 atom stereocenters. The number of amides is 2. The fourth-order valence-electron chi connectivity index (χ4n) is 2.09. The number of benzene rings is 1. The van der Waals surface area contributed by atoms with E-state index in [9.17, 15) is 22.8 Å². The van der Waals surface area contributed by atoms with E-state index in [1.54, 1.807) is 34.5 Å². The van der Waals surface area contributed by atoms with Crippen molar-refractivity contribution in [2.45, 2.75) is 25.3 Å². The van der Waals surface area contributed by atoms with Gasteiger partial charge in [-0.05, 0) is 19.1 Å². The Morgan fingerprint density at radius 2 is 2.00 bits per heavy atom. The van der Waals surface area contributed by atoms with Gasteiger partial charge in [0.2, 0.25) is 5.91 Å². The van der Waals surface area contributed by atoms with Crippen LogP contribution < -0.4 is 10.6 Å². The lowest BCUT2D eigenvalue weighted by Crippen LogP contribution is -2.34. The number of carbonyl (C=O) groups excluding carboxylic acids is 2. The van der Waals surface area contributed by atoms with Crippen LogP contribution in [-0.4, -0.2) is 35.3 Å². The Morgan fingerprint density at radius 1 is 1.26 bits per heavy atom. The molecule has 2 N–H and O–H groups in total. The quantitative estimate of drug-likeness (QED) is 0.637. The van der Waals surface area contributed by atoms with Crippen molar-refractivity contribution < 1.29 is 22.8 Å². The number of thiazole rings is 1. The molecule has 10 heteroatoms. The second kappa shape index (κ2) is 9.75. The number of aryl methyl sites for hydroxylation is 1. The minimum absolute atomic E-state index is 0.0132. The first kappa shape index (κ1) is 21.2. The highest BCUT2D eigenvalue weighted by Gasteiger charge is 2.28. The largest absolute Gasteiger partial charge is 0.405 e. The van der Waals surface area contributed by atoms with Gasteiger partial charge in [0.05, 0.1) is 22.0 Å². The van der Waals surface area contributed by atoms with Gasteiger partial charge in [-0.1, -0.05) is 12.1 Å². The summed E-state index contributed by atoms with van der Waals surface area (Å²) in [6.45, 7) is 0.495. The lowest BCUT2D eigenvalue weighted by Gasteiger charge is -2.12. The molecule has 1 aromatic heterocycles. The number of alkyl halides is 3. The summed E-state index contributed by atoms with van der Waals surface area (Å²) in [7, 11) is 0. The third-order valence-corrected chi connectivity index (χ3v) is 5.10. The molecule has 0 saturated carbocycles. The zero-order chi connectivity index (χ0) is 19.9. The molecule has 27 heavy (non-hydrogen) atoms. The van der Waals surface area contributed by atoms with E-state index in [1.165, 1.54) is 18.2 Å². The molecule has 0 saturated heterocycles. The van der Waals surface area contributed by atoms with E-state index in [0.717, 1.165) is 10.7 Å². The maximum absolute atomic E-state index is 12.2. The Balaban J connectivity index is 1.83. The van der Waals surface area contributed by atoms with E-state index in [-0.39, 0.29) is 23.6 Å². The standard InChI is InChI=1S/C17H18F3N3O2S2/c1-11-22-12(9-27-11)8-26-7-6-15(24)23-14-5-3-2-4-13(14)16(25)21-10-17(18,19)20/h2-5,9H,6-8,10H2,1H3,(H,21,25)(H,23,24). The molecule has 146 valence electrons. The van der Waals surface area contributed by atoms with Crippen LogP contribution >= 0.6 is 23.1 Å². The molecular formula is C17H18F3N3O2S2. The van der Waals surface area contributed by atoms with E-state index in [1.807, 2.05) is 12.3 Å². The van der Waals surface area contributed by atoms with E-state index < -0.39 is 18.6 Å². The van der Waals surface area contributed by atoms with E-state index >= 15 is 0 Å². The molecule has 2 amide bonds. The second-order valence-electron chi connectivity index (χ2n) is 5.55. The van der Waals surface area contributed by atoms with E-state index in [0.29, 0.717) is 11.5 Å². The third-order valence-electron chi connectivity index (χ3n) is 3.29. The average molecular weight is 417 g/mol. The Bertz CT molecular complexity index is 794. The Kier molecular flexibility index (Phi) is 7.66. The predicted octanol–water partition coefficient (Wildman–Crippen LogP) is 4.01. The number of anilines is 1. The highest BCUT2D eigenvalue weighted by atomic mass is 32.2. The highest BCUT2D eigenvalue weighted by Crippen LogP contribution is 2.19. The van der Waals surface area contributed by atoms with Gasteiger partial charge in [-0.15, -0.1) is 11.3 Å². The number of halogens is 3. The molecule has 0 unspecified atom stereocenters. The van der Waals surface area contributed by atoms with Crippen LogP contribution in [0.4, 0.5) is 18.9 Å². The first-order valence-corrected chi connectivity index (χ1v) is 10.0. The minimum atomic E-state index is -4.50. The molecule has 0 aliphatic rings. The summed E-state index contributed by atoms with van der Waals surface area (Å²) in [5, 5.41) is 7.34. The number of hydrogen-bond acceptors (Lipinski definition) is 5. The molecule has 1 aromatic carbocycles. The molecule has 5 nitrogen and oxygen atoms in total. The van der Waals surface area contributed by atoms with Crippen molar-refractivity contribution in [3.05, 3.63) is 45.9 Å².